The van der Waals surface area contributed by atoms with Gasteiger partial charge in [-0.25, -0.2) is 15.0 Å². The van der Waals surface area contributed by atoms with Crippen molar-refractivity contribution in [2.45, 2.75) is 35.4 Å². The van der Waals surface area contributed by atoms with Crippen molar-refractivity contribution in [3.63, 3.8) is 0 Å². The fourth-order valence-electron chi connectivity index (χ4n) is 2.74. The molecule has 2 aromatic heterocycles. The number of nitrogens with two attached hydrogens (primary N) is 1. The molecule has 4 rings (SSSR count). The number of fused-ring (bicyclic) bond motifs is 1. The number of hydrogen-bond acceptors (Lipinski definition) is 6. The van der Waals surface area contributed by atoms with E-state index < -0.39 is 0 Å². The van der Waals surface area contributed by atoms with E-state index in [2.05, 4.69) is 15.0 Å². The largest absolute Gasteiger partial charge is 0.398 e. The number of anilines is 1. The lowest BCUT2D eigenvalue weighted by molar-refractivity contribution is -0.0298. The maximum Gasteiger partial charge on any atom is 0.166 e. The molecule has 23 heavy (non-hydrogen) atoms. The molecule has 1 atom stereocenters. The molecule has 1 aliphatic heterocycles. The molecule has 0 radical (unpaired) electrons. The molecule has 6 nitrogen and oxygen atoms in total. The number of imidazole rings is 1. The molecular formula is C16H17N5OS. The standard InChI is InChI=1S/C16H17N5OS/c17-11-5-1-2-6-12(11)23-16-14-15(18-9-19-16)21(10-20-14)13-7-3-4-8-22-13/h1-2,5-6,9-10,13H,3-4,7-8,17H2. The minimum Gasteiger partial charge on any atom is -0.398 e. The van der Waals surface area contributed by atoms with Crippen LogP contribution >= 0.6 is 11.8 Å². The summed E-state index contributed by atoms with van der Waals surface area (Å²) in [5.41, 5.74) is 8.36. The Kier molecular flexibility index (Phi) is 3.88. The zero-order valence-corrected chi connectivity index (χ0v) is 13.4. The van der Waals surface area contributed by atoms with Gasteiger partial charge in [-0.1, -0.05) is 23.9 Å². The second-order valence-corrected chi connectivity index (χ2v) is 6.49. The summed E-state index contributed by atoms with van der Waals surface area (Å²) in [7, 11) is 0. The number of hydrogen-bond donors (Lipinski definition) is 1. The van der Waals surface area contributed by atoms with Gasteiger partial charge in [0.2, 0.25) is 0 Å². The van der Waals surface area contributed by atoms with Crippen molar-refractivity contribution >= 4 is 28.6 Å². The van der Waals surface area contributed by atoms with Gasteiger partial charge in [0.25, 0.3) is 0 Å². The SMILES string of the molecule is Nc1ccccc1Sc1ncnc2c1ncn2C1CCCCO1. The van der Waals surface area contributed by atoms with Crippen molar-refractivity contribution in [2.75, 3.05) is 12.3 Å². The van der Waals surface area contributed by atoms with Crippen LogP contribution in [0.3, 0.4) is 0 Å². The van der Waals surface area contributed by atoms with Crippen molar-refractivity contribution in [3.05, 3.63) is 36.9 Å². The summed E-state index contributed by atoms with van der Waals surface area (Å²) in [6.45, 7) is 0.789. The van der Waals surface area contributed by atoms with Gasteiger partial charge < -0.3 is 10.5 Å². The highest BCUT2D eigenvalue weighted by molar-refractivity contribution is 7.99. The molecule has 1 aliphatic rings. The van der Waals surface area contributed by atoms with Crippen LogP contribution in [0.4, 0.5) is 5.69 Å². The lowest BCUT2D eigenvalue weighted by Gasteiger charge is -2.23. The minimum atomic E-state index is 0.0169. The third kappa shape index (κ3) is 2.77. The number of nitrogen functional groups attached to an aromatic ring is 1. The molecule has 0 saturated carbocycles. The average molecular weight is 327 g/mol. The third-order valence-electron chi connectivity index (χ3n) is 3.92. The zero-order chi connectivity index (χ0) is 15.6. The van der Waals surface area contributed by atoms with E-state index in [1.165, 1.54) is 11.8 Å². The molecule has 0 spiro atoms. The summed E-state index contributed by atoms with van der Waals surface area (Å²) in [6.07, 6.45) is 6.66. The molecule has 1 fully saturated rings. The molecule has 3 heterocycles. The number of para-hydroxylation sites is 1. The van der Waals surface area contributed by atoms with Gasteiger partial charge in [0.15, 0.2) is 5.65 Å². The Morgan fingerprint density at radius 1 is 1.17 bits per heavy atom. The van der Waals surface area contributed by atoms with Crippen molar-refractivity contribution in [1.82, 2.24) is 19.5 Å². The molecule has 2 N–H and O–H groups in total. The molecule has 0 amide bonds. The van der Waals surface area contributed by atoms with E-state index in [4.69, 9.17) is 10.5 Å². The smallest absolute Gasteiger partial charge is 0.166 e. The summed E-state index contributed by atoms with van der Waals surface area (Å²) < 4.78 is 7.85. The highest BCUT2D eigenvalue weighted by Gasteiger charge is 2.20. The van der Waals surface area contributed by atoms with Gasteiger partial charge >= 0.3 is 0 Å². The Balaban J connectivity index is 1.71. The van der Waals surface area contributed by atoms with E-state index in [0.29, 0.717) is 0 Å². The van der Waals surface area contributed by atoms with Gasteiger partial charge in [-0.2, -0.15) is 0 Å². The predicted molar refractivity (Wildman–Crippen MR) is 89.1 cm³/mol. The number of nitrogens with zero attached hydrogens (tertiary/aromatic N) is 4. The van der Waals surface area contributed by atoms with Gasteiger partial charge in [-0.3, -0.25) is 4.57 Å². The fraction of sp³-hybridized carbons (Fsp3) is 0.312. The quantitative estimate of drug-likeness (QED) is 0.587. The summed E-state index contributed by atoms with van der Waals surface area (Å²) >= 11 is 1.51. The van der Waals surface area contributed by atoms with Gasteiger partial charge in [0.05, 0.1) is 6.33 Å². The van der Waals surface area contributed by atoms with Crippen LogP contribution < -0.4 is 5.73 Å². The van der Waals surface area contributed by atoms with Crippen LogP contribution in [-0.2, 0) is 4.74 Å². The lowest BCUT2D eigenvalue weighted by Crippen LogP contribution is -2.17. The first-order valence-corrected chi connectivity index (χ1v) is 8.46. The third-order valence-corrected chi connectivity index (χ3v) is 5.00. The van der Waals surface area contributed by atoms with E-state index in [9.17, 15) is 0 Å². The number of ether oxygens (including phenoxy) is 1. The maximum absolute atomic E-state index is 6.02. The van der Waals surface area contributed by atoms with Gasteiger partial charge in [-0.15, -0.1) is 0 Å². The van der Waals surface area contributed by atoms with Crippen molar-refractivity contribution in [2.24, 2.45) is 0 Å². The van der Waals surface area contributed by atoms with E-state index >= 15 is 0 Å². The second-order valence-electron chi connectivity index (χ2n) is 5.46. The molecule has 118 valence electrons. The molecular weight excluding hydrogens is 310 g/mol. The maximum atomic E-state index is 6.02. The molecule has 1 aromatic carbocycles. The summed E-state index contributed by atoms with van der Waals surface area (Å²) in [6, 6.07) is 7.75. The summed E-state index contributed by atoms with van der Waals surface area (Å²) in [5.74, 6) is 0. The Bertz CT molecular complexity index is 828. The fourth-order valence-corrected chi connectivity index (χ4v) is 3.62. The van der Waals surface area contributed by atoms with Gasteiger partial charge in [-0.05, 0) is 31.4 Å². The predicted octanol–water partition coefficient (Wildman–Crippen LogP) is 3.26. The lowest BCUT2D eigenvalue weighted by atomic mass is 10.2. The highest BCUT2D eigenvalue weighted by Crippen LogP contribution is 2.34. The van der Waals surface area contributed by atoms with E-state index in [1.807, 2.05) is 28.8 Å². The monoisotopic (exact) mass is 327 g/mol. The van der Waals surface area contributed by atoms with Crippen LogP contribution in [0.2, 0.25) is 0 Å². The Hall–Kier alpha value is -2.12. The van der Waals surface area contributed by atoms with Crippen LogP contribution in [0.15, 0.2) is 46.8 Å². The van der Waals surface area contributed by atoms with Gasteiger partial charge in [0.1, 0.15) is 23.1 Å². The van der Waals surface area contributed by atoms with Crippen LogP contribution in [0, 0.1) is 0 Å². The minimum absolute atomic E-state index is 0.0169. The van der Waals surface area contributed by atoms with Crippen LogP contribution in [-0.4, -0.2) is 26.1 Å². The first kappa shape index (κ1) is 14.5. The topological polar surface area (TPSA) is 78.9 Å². The number of benzene rings is 1. The number of aromatic nitrogens is 4. The summed E-state index contributed by atoms with van der Waals surface area (Å²) in [5, 5.41) is 0.808. The highest BCUT2D eigenvalue weighted by atomic mass is 32.2. The van der Waals surface area contributed by atoms with Gasteiger partial charge in [0, 0.05) is 17.2 Å². The van der Waals surface area contributed by atoms with E-state index in [-0.39, 0.29) is 6.23 Å². The van der Waals surface area contributed by atoms with E-state index in [1.54, 1.807) is 12.7 Å². The van der Waals surface area contributed by atoms with Crippen LogP contribution in [0.1, 0.15) is 25.5 Å². The first-order valence-electron chi connectivity index (χ1n) is 7.64. The zero-order valence-electron chi connectivity index (χ0n) is 12.6. The average Bonchev–Trinajstić information content (AvgIpc) is 3.03. The van der Waals surface area contributed by atoms with E-state index in [0.717, 1.165) is 52.6 Å². The molecule has 0 aliphatic carbocycles. The van der Waals surface area contributed by atoms with Crippen molar-refractivity contribution in [3.8, 4) is 0 Å². The van der Waals surface area contributed by atoms with Crippen molar-refractivity contribution in [1.29, 1.82) is 0 Å². The number of rotatable bonds is 3. The second kappa shape index (κ2) is 6.17. The normalized spacial score (nSPS) is 18.3. The molecule has 1 unspecified atom stereocenters. The molecule has 1 saturated heterocycles. The molecule has 0 bridgehead atoms. The molecule has 7 heteroatoms. The van der Waals surface area contributed by atoms with Crippen LogP contribution in [0.5, 0.6) is 0 Å². The van der Waals surface area contributed by atoms with Crippen molar-refractivity contribution < 1.29 is 4.74 Å². The molecule has 3 aromatic rings. The Morgan fingerprint density at radius 2 is 2.09 bits per heavy atom. The Labute approximate surface area is 138 Å². The first-order chi connectivity index (χ1) is 11.3. The summed E-state index contributed by atoms with van der Waals surface area (Å²) in [4.78, 5) is 14.3. The van der Waals surface area contributed by atoms with Crippen LogP contribution in [0.25, 0.3) is 11.2 Å². The Morgan fingerprint density at radius 3 is 2.91 bits per heavy atom.